The molecule has 2 heterocycles. The van der Waals surface area contributed by atoms with Crippen molar-refractivity contribution in [3.63, 3.8) is 0 Å². The second kappa shape index (κ2) is 7.78. The Morgan fingerprint density at radius 2 is 2.24 bits per heavy atom. The van der Waals surface area contributed by atoms with E-state index in [0.29, 0.717) is 6.54 Å². The van der Waals surface area contributed by atoms with E-state index in [1.807, 2.05) is 30.2 Å². The first-order valence-electron chi connectivity index (χ1n) is 7.08. The molecule has 2 N–H and O–H groups in total. The molecule has 0 spiro atoms. The first-order chi connectivity index (χ1) is 10.2. The summed E-state index contributed by atoms with van der Waals surface area (Å²) in [7, 11) is 1.77. The Balaban J connectivity index is 1.73. The van der Waals surface area contributed by atoms with Crippen molar-refractivity contribution in [3.05, 3.63) is 34.0 Å². The third-order valence-corrected chi connectivity index (χ3v) is 4.12. The smallest absolute Gasteiger partial charge is 0.191 e. The summed E-state index contributed by atoms with van der Waals surface area (Å²) in [6.45, 7) is 6.47. The van der Waals surface area contributed by atoms with E-state index < -0.39 is 0 Å². The van der Waals surface area contributed by atoms with E-state index in [1.165, 1.54) is 10.4 Å². The van der Waals surface area contributed by atoms with E-state index in [0.717, 1.165) is 30.5 Å². The molecule has 0 aliphatic rings. The summed E-state index contributed by atoms with van der Waals surface area (Å²) in [4.78, 5) is 9.90. The zero-order valence-corrected chi connectivity index (χ0v) is 13.6. The monoisotopic (exact) mass is 306 g/mol. The lowest BCUT2D eigenvalue weighted by molar-refractivity contribution is 0.597. The van der Waals surface area contributed by atoms with Gasteiger partial charge in [0, 0.05) is 30.9 Å². The van der Waals surface area contributed by atoms with E-state index >= 15 is 0 Å². The fourth-order valence-corrected chi connectivity index (χ4v) is 2.65. The van der Waals surface area contributed by atoms with Crippen LogP contribution >= 0.6 is 11.3 Å². The largest absolute Gasteiger partial charge is 0.355 e. The van der Waals surface area contributed by atoms with Crippen molar-refractivity contribution >= 4 is 17.3 Å². The summed E-state index contributed by atoms with van der Waals surface area (Å²) in [5.74, 6) is 0.784. The summed E-state index contributed by atoms with van der Waals surface area (Å²) < 4.78 is 1.92. The maximum Gasteiger partial charge on any atom is 0.191 e. The van der Waals surface area contributed by atoms with Crippen LogP contribution in [0.25, 0.3) is 0 Å². The molecule has 0 saturated heterocycles. The maximum atomic E-state index is 4.38. The minimum atomic E-state index is 0.700. The third-order valence-electron chi connectivity index (χ3n) is 2.98. The summed E-state index contributed by atoms with van der Waals surface area (Å²) in [6, 6.07) is 0. The van der Waals surface area contributed by atoms with Gasteiger partial charge in [0.25, 0.3) is 0 Å². The second-order valence-electron chi connectivity index (χ2n) is 4.71. The molecule has 2 rings (SSSR count). The average Bonchev–Trinajstić information content (AvgIpc) is 3.11. The van der Waals surface area contributed by atoms with Gasteiger partial charge in [-0.15, -0.1) is 11.3 Å². The van der Waals surface area contributed by atoms with Gasteiger partial charge in [-0.25, -0.2) is 4.98 Å². The van der Waals surface area contributed by atoms with Crippen molar-refractivity contribution in [1.82, 2.24) is 25.4 Å². The zero-order chi connectivity index (χ0) is 15.1. The number of aryl methyl sites for hydroxylation is 2. The molecule has 0 unspecified atom stereocenters. The highest BCUT2D eigenvalue weighted by Crippen LogP contribution is 2.12. The molecule has 2 aromatic rings. The Bertz CT molecular complexity index is 586. The van der Waals surface area contributed by atoms with Crippen molar-refractivity contribution in [3.8, 4) is 0 Å². The molecule has 0 amide bonds. The van der Waals surface area contributed by atoms with E-state index in [-0.39, 0.29) is 0 Å². The van der Waals surface area contributed by atoms with Crippen LogP contribution in [0.1, 0.15) is 22.4 Å². The molecule has 0 aromatic carbocycles. The van der Waals surface area contributed by atoms with Gasteiger partial charge in [-0.3, -0.25) is 9.67 Å². The van der Waals surface area contributed by atoms with Gasteiger partial charge in [0.1, 0.15) is 5.01 Å². The fraction of sp³-hybridized carbons (Fsp3) is 0.500. The van der Waals surface area contributed by atoms with Gasteiger partial charge < -0.3 is 10.6 Å². The Morgan fingerprint density at radius 3 is 2.86 bits per heavy atom. The van der Waals surface area contributed by atoms with Crippen LogP contribution in [0, 0.1) is 6.92 Å². The van der Waals surface area contributed by atoms with Crippen molar-refractivity contribution in [2.75, 3.05) is 13.6 Å². The second-order valence-corrected chi connectivity index (χ2v) is 5.91. The number of nitrogens with zero attached hydrogens (tertiary/aromatic N) is 4. The standard InChI is InChI=1S/C14H22N6S/c1-4-12-8-17-13(21-12)9-18-14(15-3)16-5-6-20-10-11(2)7-19-20/h7-8,10H,4-6,9H2,1-3H3,(H2,15,16,18). The van der Waals surface area contributed by atoms with E-state index in [4.69, 9.17) is 0 Å². The molecule has 0 fully saturated rings. The van der Waals surface area contributed by atoms with E-state index in [9.17, 15) is 0 Å². The van der Waals surface area contributed by atoms with Crippen molar-refractivity contribution in [1.29, 1.82) is 0 Å². The molecule has 0 aliphatic heterocycles. The highest BCUT2D eigenvalue weighted by molar-refractivity contribution is 7.11. The molecule has 21 heavy (non-hydrogen) atoms. The zero-order valence-electron chi connectivity index (χ0n) is 12.8. The normalized spacial score (nSPS) is 11.7. The first-order valence-corrected chi connectivity index (χ1v) is 7.90. The van der Waals surface area contributed by atoms with Crippen molar-refractivity contribution < 1.29 is 0 Å². The number of guanidine groups is 1. The van der Waals surface area contributed by atoms with E-state index in [1.54, 1.807) is 18.4 Å². The molecule has 114 valence electrons. The lowest BCUT2D eigenvalue weighted by Gasteiger charge is -2.10. The number of aromatic nitrogens is 3. The maximum absolute atomic E-state index is 4.38. The van der Waals surface area contributed by atoms with Crippen LogP contribution in [0.15, 0.2) is 23.6 Å². The molecular formula is C14H22N6S. The lowest BCUT2D eigenvalue weighted by Crippen LogP contribution is -2.38. The Kier molecular flexibility index (Phi) is 5.74. The predicted octanol–water partition coefficient (Wildman–Crippen LogP) is 1.58. The molecule has 7 heteroatoms. The van der Waals surface area contributed by atoms with Crippen LogP contribution in [0.2, 0.25) is 0 Å². The van der Waals surface area contributed by atoms with Crippen molar-refractivity contribution in [2.24, 2.45) is 4.99 Å². The number of hydrogen-bond donors (Lipinski definition) is 2. The minimum Gasteiger partial charge on any atom is -0.355 e. The number of thiazole rings is 1. The number of nitrogens with one attached hydrogen (secondary N) is 2. The van der Waals surface area contributed by atoms with Gasteiger partial charge in [-0.05, 0) is 18.9 Å². The summed E-state index contributed by atoms with van der Waals surface area (Å²) in [5.41, 5.74) is 1.17. The van der Waals surface area contributed by atoms with Gasteiger partial charge in [0.2, 0.25) is 0 Å². The quantitative estimate of drug-likeness (QED) is 0.628. The molecular weight excluding hydrogens is 284 g/mol. The highest BCUT2D eigenvalue weighted by atomic mass is 32.1. The Labute approximate surface area is 129 Å². The van der Waals surface area contributed by atoms with Crippen LogP contribution in [0.4, 0.5) is 0 Å². The number of hydrogen-bond acceptors (Lipinski definition) is 4. The molecule has 0 saturated carbocycles. The van der Waals surface area contributed by atoms with Gasteiger partial charge >= 0.3 is 0 Å². The Hall–Kier alpha value is -1.89. The van der Waals surface area contributed by atoms with Crippen LogP contribution in [0.3, 0.4) is 0 Å². The molecule has 0 atom stereocenters. The van der Waals surface area contributed by atoms with Gasteiger partial charge in [-0.2, -0.15) is 5.10 Å². The van der Waals surface area contributed by atoms with Crippen LogP contribution in [0.5, 0.6) is 0 Å². The predicted molar refractivity (Wildman–Crippen MR) is 86.7 cm³/mol. The van der Waals surface area contributed by atoms with Crippen LogP contribution < -0.4 is 10.6 Å². The Morgan fingerprint density at radius 1 is 1.38 bits per heavy atom. The van der Waals surface area contributed by atoms with Gasteiger partial charge in [-0.1, -0.05) is 6.92 Å². The fourth-order valence-electron chi connectivity index (χ4n) is 1.85. The summed E-state index contributed by atoms with van der Waals surface area (Å²) in [6.07, 6.45) is 6.87. The third kappa shape index (κ3) is 4.86. The van der Waals surface area contributed by atoms with Gasteiger partial charge in [0.05, 0.1) is 19.3 Å². The highest BCUT2D eigenvalue weighted by Gasteiger charge is 2.02. The summed E-state index contributed by atoms with van der Waals surface area (Å²) in [5, 5.41) is 11.9. The number of aliphatic imine (C=N–C) groups is 1. The number of rotatable bonds is 6. The van der Waals surface area contributed by atoms with Crippen molar-refractivity contribution in [2.45, 2.75) is 33.4 Å². The molecule has 0 aliphatic carbocycles. The SMILES string of the molecule is CCc1cnc(CNC(=NC)NCCn2cc(C)cn2)s1. The van der Waals surface area contributed by atoms with Crippen LogP contribution in [-0.4, -0.2) is 34.3 Å². The molecule has 6 nitrogen and oxygen atoms in total. The van der Waals surface area contributed by atoms with Crippen LogP contribution in [-0.2, 0) is 19.5 Å². The first kappa shape index (κ1) is 15.5. The molecule has 0 radical (unpaired) electrons. The van der Waals surface area contributed by atoms with Gasteiger partial charge in [0.15, 0.2) is 5.96 Å². The topological polar surface area (TPSA) is 67.1 Å². The lowest BCUT2D eigenvalue weighted by atomic mass is 10.4. The average molecular weight is 306 g/mol. The minimum absolute atomic E-state index is 0.700. The molecule has 0 bridgehead atoms. The molecule has 2 aromatic heterocycles. The van der Waals surface area contributed by atoms with E-state index in [2.05, 4.69) is 32.6 Å². The summed E-state index contributed by atoms with van der Waals surface area (Å²) >= 11 is 1.74.